The van der Waals surface area contributed by atoms with E-state index in [9.17, 15) is 4.79 Å². The molecular weight excluding hydrogens is 326 g/mol. The van der Waals surface area contributed by atoms with Crippen LogP contribution in [0.4, 0.5) is 0 Å². The Bertz CT molecular complexity index is 439. The van der Waals surface area contributed by atoms with Gasteiger partial charge in [-0.3, -0.25) is 9.79 Å². The van der Waals surface area contributed by atoms with Crippen molar-refractivity contribution in [3.8, 4) is 0 Å². The molecule has 26 heavy (non-hydrogen) atoms. The van der Waals surface area contributed by atoms with E-state index in [2.05, 4.69) is 32.5 Å². The maximum Gasteiger partial charge on any atom is 0.220 e. The van der Waals surface area contributed by atoms with Crippen molar-refractivity contribution in [3.63, 3.8) is 0 Å². The van der Waals surface area contributed by atoms with Gasteiger partial charge in [0.05, 0.1) is 0 Å². The molecular formula is C20H39N5O. The number of hydrogen-bond donors (Lipinski definition) is 2. The molecule has 0 spiro atoms. The highest BCUT2D eigenvalue weighted by molar-refractivity contribution is 5.80. The molecule has 2 N–H and O–H groups in total. The van der Waals surface area contributed by atoms with Gasteiger partial charge in [-0.05, 0) is 51.6 Å². The van der Waals surface area contributed by atoms with Gasteiger partial charge < -0.3 is 20.4 Å². The maximum absolute atomic E-state index is 11.5. The average molecular weight is 366 g/mol. The lowest BCUT2D eigenvalue weighted by molar-refractivity contribution is -0.121. The Hall–Kier alpha value is -1.30. The summed E-state index contributed by atoms with van der Waals surface area (Å²) in [7, 11) is 5.87. The number of carbonyl (C=O) groups is 1. The average Bonchev–Trinajstić information content (AvgIpc) is 2.69. The van der Waals surface area contributed by atoms with Crippen molar-refractivity contribution in [2.75, 3.05) is 47.3 Å². The predicted octanol–water partition coefficient (Wildman–Crippen LogP) is 2.06. The second-order valence-electron chi connectivity index (χ2n) is 7.91. The van der Waals surface area contributed by atoms with Crippen LogP contribution in [0, 0.1) is 5.92 Å². The van der Waals surface area contributed by atoms with Crippen molar-refractivity contribution >= 4 is 11.9 Å². The minimum atomic E-state index is 0.160. The Morgan fingerprint density at radius 2 is 1.85 bits per heavy atom. The fraction of sp³-hybridized carbons (Fsp3) is 0.900. The van der Waals surface area contributed by atoms with Gasteiger partial charge in [0.15, 0.2) is 5.96 Å². The number of nitrogens with one attached hydrogen (secondary N) is 2. The van der Waals surface area contributed by atoms with Crippen LogP contribution in [-0.4, -0.2) is 75.0 Å². The summed E-state index contributed by atoms with van der Waals surface area (Å²) in [6.45, 7) is 4.11. The third-order valence-electron chi connectivity index (χ3n) is 6.05. The third-order valence-corrected chi connectivity index (χ3v) is 6.05. The van der Waals surface area contributed by atoms with Crippen LogP contribution in [0.15, 0.2) is 4.99 Å². The van der Waals surface area contributed by atoms with E-state index in [-0.39, 0.29) is 5.91 Å². The highest BCUT2D eigenvalue weighted by Gasteiger charge is 2.23. The van der Waals surface area contributed by atoms with Crippen molar-refractivity contribution in [2.24, 2.45) is 10.9 Å². The smallest absolute Gasteiger partial charge is 0.220 e. The van der Waals surface area contributed by atoms with Gasteiger partial charge in [0.25, 0.3) is 0 Å². The summed E-state index contributed by atoms with van der Waals surface area (Å²) in [4.78, 5) is 20.9. The van der Waals surface area contributed by atoms with Crippen LogP contribution in [0.3, 0.4) is 0 Å². The molecule has 0 aromatic rings. The Morgan fingerprint density at radius 1 is 1.15 bits per heavy atom. The SMILES string of the molecule is CN=C(NCCCN(C)C1CCCCC1)N1CCC(CC(=O)NC)CC1. The Labute approximate surface area is 159 Å². The van der Waals surface area contributed by atoms with Crippen LogP contribution in [0.2, 0.25) is 0 Å². The lowest BCUT2D eigenvalue weighted by Gasteiger charge is -2.34. The van der Waals surface area contributed by atoms with Crippen LogP contribution in [0.5, 0.6) is 0 Å². The van der Waals surface area contributed by atoms with Crippen LogP contribution in [0.25, 0.3) is 0 Å². The number of nitrogens with zero attached hydrogens (tertiary/aromatic N) is 3. The first-order valence-electron chi connectivity index (χ1n) is 10.5. The molecule has 0 aromatic heterocycles. The Balaban J connectivity index is 1.63. The summed E-state index contributed by atoms with van der Waals surface area (Å²) in [5, 5.41) is 6.27. The minimum Gasteiger partial charge on any atom is -0.359 e. The minimum absolute atomic E-state index is 0.160. The molecule has 6 heteroatoms. The molecule has 1 amide bonds. The van der Waals surface area contributed by atoms with E-state index in [1.807, 2.05) is 7.05 Å². The standard InChI is InChI=1S/C20H39N5O/c1-21-19(26)16-17-10-14-25(15-11-17)20(22-2)23-12-7-13-24(3)18-8-5-4-6-9-18/h17-18H,4-16H2,1-3H3,(H,21,26)(H,22,23). The number of amides is 1. The molecule has 2 aliphatic rings. The lowest BCUT2D eigenvalue weighted by atomic mass is 9.93. The Morgan fingerprint density at radius 3 is 2.46 bits per heavy atom. The van der Waals surface area contributed by atoms with Gasteiger partial charge in [-0.2, -0.15) is 0 Å². The predicted molar refractivity (Wildman–Crippen MR) is 108 cm³/mol. The fourth-order valence-corrected chi connectivity index (χ4v) is 4.28. The zero-order valence-electron chi connectivity index (χ0n) is 17.1. The first kappa shape index (κ1) is 21.0. The molecule has 1 aliphatic carbocycles. The van der Waals surface area contributed by atoms with E-state index in [0.717, 1.165) is 57.4 Å². The molecule has 1 heterocycles. The van der Waals surface area contributed by atoms with E-state index in [4.69, 9.17) is 0 Å². The normalized spacial score (nSPS) is 20.5. The molecule has 150 valence electrons. The molecule has 0 unspecified atom stereocenters. The Kier molecular flexibility index (Phi) is 9.23. The first-order valence-corrected chi connectivity index (χ1v) is 10.5. The molecule has 0 atom stereocenters. The number of piperidine rings is 1. The van der Waals surface area contributed by atoms with Crippen molar-refractivity contribution in [3.05, 3.63) is 0 Å². The first-order chi connectivity index (χ1) is 12.6. The van der Waals surface area contributed by atoms with Crippen molar-refractivity contribution in [1.82, 2.24) is 20.4 Å². The molecule has 1 saturated carbocycles. The number of likely N-dealkylation sites (tertiary alicyclic amines) is 1. The molecule has 2 rings (SSSR count). The van der Waals surface area contributed by atoms with Gasteiger partial charge >= 0.3 is 0 Å². The molecule has 0 aromatic carbocycles. The zero-order chi connectivity index (χ0) is 18.8. The van der Waals surface area contributed by atoms with Crippen LogP contribution >= 0.6 is 0 Å². The highest BCUT2D eigenvalue weighted by atomic mass is 16.1. The molecule has 0 radical (unpaired) electrons. The number of guanidine groups is 1. The zero-order valence-corrected chi connectivity index (χ0v) is 17.1. The number of rotatable bonds is 7. The molecule has 1 aliphatic heterocycles. The lowest BCUT2D eigenvalue weighted by Crippen LogP contribution is -2.46. The van der Waals surface area contributed by atoms with Crippen LogP contribution in [0.1, 0.15) is 57.8 Å². The number of carbonyl (C=O) groups excluding carboxylic acids is 1. The van der Waals surface area contributed by atoms with Gasteiger partial charge in [0.1, 0.15) is 0 Å². The summed E-state index contributed by atoms with van der Waals surface area (Å²) in [6.07, 6.45) is 10.9. The van der Waals surface area contributed by atoms with E-state index in [1.54, 1.807) is 7.05 Å². The van der Waals surface area contributed by atoms with Crippen molar-refractivity contribution < 1.29 is 4.79 Å². The van der Waals surface area contributed by atoms with E-state index >= 15 is 0 Å². The van der Waals surface area contributed by atoms with Gasteiger partial charge in [0, 0.05) is 46.2 Å². The van der Waals surface area contributed by atoms with Crippen LogP contribution < -0.4 is 10.6 Å². The van der Waals surface area contributed by atoms with Gasteiger partial charge in [0.2, 0.25) is 5.91 Å². The van der Waals surface area contributed by atoms with Crippen LogP contribution in [-0.2, 0) is 4.79 Å². The topological polar surface area (TPSA) is 60.0 Å². The van der Waals surface area contributed by atoms with E-state index < -0.39 is 0 Å². The fourth-order valence-electron chi connectivity index (χ4n) is 4.28. The maximum atomic E-state index is 11.5. The third kappa shape index (κ3) is 6.78. The number of aliphatic imine (C=N–C) groups is 1. The highest BCUT2D eigenvalue weighted by Crippen LogP contribution is 2.22. The second-order valence-corrected chi connectivity index (χ2v) is 7.91. The van der Waals surface area contributed by atoms with Gasteiger partial charge in [-0.1, -0.05) is 19.3 Å². The van der Waals surface area contributed by atoms with Gasteiger partial charge in [-0.25, -0.2) is 0 Å². The molecule has 6 nitrogen and oxygen atoms in total. The second kappa shape index (κ2) is 11.4. The van der Waals surface area contributed by atoms with Gasteiger partial charge in [-0.15, -0.1) is 0 Å². The monoisotopic (exact) mass is 365 g/mol. The van der Waals surface area contributed by atoms with Crippen molar-refractivity contribution in [2.45, 2.75) is 63.8 Å². The molecule has 1 saturated heterocycles. The molecule has 0 bridgehead atoms. The summed E-state index contributed by atoms with van der Waals surface area (Å²) in [6, 6.07) is 0.794. The summed E-state index contributed by atoms with van der Waals surface area (Å²) in [5.41, 5.74) is 0. The van der Waals surface area contributed by atoms with Crippen molar-refractivity contribution in [1.29, 1.82) is 0 Å². The van der Waals surface area contributed by atoms with E-state index in [0.29, 0.717) is 12.3 Å². The molecule has 2 fully saturated rings. The summed E-state index contributed by atoms with van der Waals surface area (Å²) < 4.78 is 0. The summed E-state index contributed by atoms with van der Waals surface area (Å²) in [5.74, 6) is 1.69. The summed E-state index contributed by atoms with van der Waals surface area (Å²) >= 11 is 0. The quantitative estimate of drug-likeness (QED) is 0.412. The largest absolute Gasteiger partial charge is 0.359 e. The van der Waals surface area contributed by atoms with E-state index in [1.165, 1.54) is 32.1 Å². The number of hydrogen-bond acceptors (Lipinski definition) is 3.